The lowest BCUT2D eigenvalue weighted by Gasteiger charge is -2.21. The molecule has 1 aliphatic heterocycles. The summed E-state index contributed by atoms with van der Waals surface area (Å²) in [5.41, 5.74) is 0. The molecular weight excluding hydrogens is 286 g/mol. The Morgan fingerprint density at radius 1 is 1.62 bits per heavy atom. The molecule has 1 aliphatic rings. The van der Waals surface area contributed by atoms with E-state index in [0.717, 1.165) is 23.2 Å². The van der Waals surface area contributed by atoms with Crippen LogP contribution in [0, 0.1) is 11.8 Å². The maximum Gasteiger partial charge on any atom is 0.298 e. The van der Waals surface area contributed by atoms with Crippen molar-refractivity contribution < 1.29 is 4.79 Å². The highest BCUT2D eigenvalue weighted by molar-refractivity contribution is 9.11. The van der Waals surface area contributed by atoms with Gasteiger partial charge in [0.05, 0.1) is 9.83 Å². The minimum Gasteiger partial charge on any atom is -0.324 e. The number of hydrogen-bond donors (Lipinski definition) is 0. The summed E-state index contributed by atoms with van der Waals surface area (Å²) in [5.74, 6) is 5.25. The van der Waals surface area contributed by atoms with Crippen molar-refractivity contribution in [3.63, 3.8) is 0 Å². The molecule has 1 atom stereocenters. The molecule has 2 rings (SSSR count). The smallest absolute Gasteiger partial charge is 0.298 e. The van der Waals surface area contributed by atoms with Gasteiger partial charge in [-0.1, -0.05) is 5.92 Å². The zero-order valence-corrected chi connectivity index (χ0v) is 11.4. The van der Waals surface area contributed by atoms with Crippen LogP contribution in [0.5, 0.6) is 0 Å². The highest BCUT2D eigenvalue weighted by Crippen LogP contribution is 2.37. The number of amides is 1. The van der Waals surface area contributed by atoms with Gasteiger partial charge in [0.15, 0.2) is 0 Å². The number of carbonyl (C=O) groups excluding carboxylic acids is 1. The van der Waals surface area contributed by atoms with E-state index in [-0.39, 0.29) is 11.9 Å². The van der Waals surface area contributed by atoms with Gasteiger partial charge in [-0.2, -0.15) is 0 Å². The van der Waals surface area contributed by atoms with Crippen LogP contribution in [0.3, 0.4) is 0 Å². The lowest BCUT2D eigenvalue weighted by Crippen LogP contribution is -2.28. The molecule has 1 fully saturated rings. The van der Waals surface area contributed by atoms with E-state index in [1.54, 1.807) is 18.3 Å². The van der Waals surface area contributed by atoms with E-state index in [1.165, 1.54) is 4.88 Å². The van der Waals surface area contributed by atoms with Gasteiger partial charge in [-0.25, -0.2) is 0 Å². The fourth-order valence-corrected chi connectivity index (χ4v) is 3.56. The number of likely N-dealkylation sites (tertiary alicyclic amines) is 1. The molecule has 0 aromatic carbocycles. The van der Waals surface area contributed by atoms with Crippen LogP contribution in [-0.2, 0) is 4.79 Å². The first-order valence-electron chi connectivity index (χ1n) is 5.21. The van der Waals surface area contributed by atoms with Crippen LogP contribution >= 0.6 is 27.3 Å². The Labute approximate surface area is 108 Å². The van der Waals surface area contributed by atoms with Crippen molar-refractivity contribution in [2.24, 2.45) is 0 Å². The third kappa shape index (κ3) is 2.31. The largest absolute Gasteiger partial charge is 0.324 e. The lowest BCUT2D eigenvalue weighted by atomic mass is 10.2. The normalized spacial score (nSPS) is 19.4. The highest BCUT2D eigenvalue weighted by Gasteiger charge is 2.29. The zero-order chi connectivity index (χ0) is 11.5. The standard InChI is InChI=1S/C12H12BrNOS/c1-2-4-12(15)14-8-3-5-9(14)10-6-7-11(13)16-10/h6-7,9H,3,5,8H2,1H3/t9-/m0/s1. The van der Waals surface area contributed by atoms with Crippen molar-refractivity contribution in [3.8, 4) is 11.8 Å². The third-order valence-electron chi connectivity index (χ3n) is 2.67. The molecule has 1 saturated heterocycles. The van der Waals surface area contributed by atoms with Crippen molar-refractivity contribution in [2.45, 2.75) is 25.8 Å². The molecule has 16 heavy (non-hydrogen) atoms. The van der Waals surface area contributed by atoms with Crippen LogP contribution in [-0.4, -0.2) is 17.4 Å². The Hall–Kier alpha value is -0.790. The number of halogens is 1. The number of carbonyl (C=O) groups is 1. The van der Waals surface area contributed by atoms with E-state index in [9.17, 15) is 4.79 Å². The van der Waals surface area contributed by atoms with Gasteiger partial charge in [0.2, 0.25) is 0 Å². The Kier molecular flexibility index (Phi) is 3.67. The SMILES string of the molecule is CC#CC(=O)N1CCC[C@H]1c1ccc(Br)s1. The minimum atomic E-state index is -0.0467. The molecule has 0 aliphatic carbocycles. The second-order valence-corrected chi connectivity index (χ2v) is 6.17. The molecule has 84 valence electrons. The summed E-state index contributed by atoms with van der Waals surface area (Å²) < 4.78 is 1.11. The van der Waals surface area contributed by atoms with Crippen LogP contribution in [0.25, 0.3) is 0 Å². The molecule has 0 spiro atoms. The van der Waals surface area contributed by atoms with Crippen LogP contribution < -0.4 is 0 Å². The summed E-state index contributed by atoms with van der Waals surface area (Å²) in [6.07, 6.45) is 2.11. The van der Waals surface area contributed by atoms with Gasteiger partial charge < -0.3 is 4.90 Å². The first-order valence-corrected chi connectivity index (χ1v) is 6.82. The van der Waals surface area contributed by atoms with Crippen molar-refractivity contribution in [3.05, 3.63) is 20.8 Å². The molecule has 1 amide bonds. The number of hydrogen-bond acceptors (Lipinski definition) is 2. The Morgan fingerprint density at radius 3 is 3.06 bits per heavy atom. The predicted molar refractivity (Wildman–Crippen MR) is 69.2 cm³/mol. The number of rotatable bonds is 1. The molecule has 2 nitrogen and oxygen atoms in total. The summed E-state index contributed by atoms with van der Waals surface area (Å²) in [5, 5.41) is 0. The van der Waals surface area contributed by atoms with Gasteiger partial charge in [0.25, 0.3) is 5.91 Å². The fourth-order valence-electron chi connectivity index (χ4n) is 1.99. The van der Waals surface area contributed by atoms with E-state index in [1.807, 2.05) is 11.0 Å². The topological polar surface area (TPSA) is 20.3 Å². The average Bonchev–Trinajstić information content (AvgIpc) is 2.85. The van der Waals surface area contributed by atoms with E-state index in [0.29, 0.717) is 0 Å². The summed E-state index contributed by atoms with van der Waals surface area (Å²) in [6.45, 7) is 2.53. The molecule has 4 heteroatoms. The van der Waals surface area contributed by atoms with Crippen molar-refractivity contribution >= 4 is 33.2 Å². The van der Waals surface area contributed by atoms with Crippen molar-refractivity contribution in [1.82, 2.24) is 4.90 Å². The maximum absolute atomic E-state index is 11.8. The second-order valence-electron chi connectivity index (χ2n) is 3.67. The highest BCUT2D eigenvalue weighted by atomic mass is 79.9. The zero-order valence-electron chi connectivity index (χ0n) is 9.00. The Bertz CT molecular complexity index is 457. The molecule has 0 unspecified atom stereocenters. The summed E-state index contributed by atoms with van der Waals surface area (Å²) >= 11 is 5.15. The Balaban J connectivity index is 2.20. The molecular formula is C12H12BrNOS. The second kappa shape index (κ2) is 5.03. The summed E-state index contributed by atoms with van der Waals surface area (Å²) in [4.78, 5) is 14.9. The average molecular weight is 298 g/mol. The van der Waals surface area contributed by atoms with Crippen LogP contribution in [0.15, 0.2) is 15.9 Å². The van der Waals surface area contributed by atoms with E-state index in [2.05, 4.69) is 33.8 Å². The molecule has 1 aromatic heterocycles. The third-order valence-corrected chi connectivity index (χ3v) is 4.39. The first-order chi connectivity index (χ1) is 7.72. The van der Waals surface area contributed by atoms with E-state index in [4.69, 9.17) is 0 Å². The molecule has 2 heterocycles. The summed E-state index contributed by atoms with van der Waals surface area (Å²) in [7, 11) is 0. The van der Waals surface area contributed by atoms with Gasteiger partial charge in [-0.05, 0) is 53.7 Å². The monoisotopic (exact) mass is 297 g/mol. The Morgan fingerprint density at radius 2 is 2.44 bits per heavy atom. The van der Waals surface area contributed by atoms with Gasteiger partial charge >= 0.3 is 0 Å². The summed E-state index contributed by atoms with van der Waals surface area (Å²) in [6, 6.07) is 4.35. The lowest BCUT2D eigenvalue weighted by molar-refractivity contribution is -0.125. The van der Waals surface area contributed by atoms with Crippen LogP contribution in [0.1, 0.15) is 30.7 Å². The van der Waals surface area contributed by atoms with Gasteiger partial charge in [0, 0.05) is 11.4 Å². The molecule has 1 aromatic rings. The van der Waals surface area contributed by atoms with Crippen LogP contribution in [0.2, 0.25) is 0 Å². The molecule has 0 saturated carbocycles. The number of nitrogens with zero attached hydrogens (tertiary/aromatic N) is 1. The number of thiophene rings is 1. The van der Waals surface area contributed by atoms with Gasteiger partial charge in [-0.15, -0.1) is 11.3 Å². The van der Waals surface area contributed by atoms with Crippen LogP contribution in [0.4, 0.5) is 0 Å². The minimum absolute atomic E-state index is 0.0467. The van der Waals surface area contributed by atoms with Gasteiger partial charge in [0.1, 0.15) is 0 Å². The van der Waals surface area contributed by atoms with Crippen molar-refractivity contribution in [1.29, 1.82) is 0 Å². The van der Waals surface area contributed by atoms with Crippen molar-refractivity contribution in [2.75, 3.05) is 6.54 Å². The fraction of sp³-hybridized carbons (Fsp3) is 0.417. The quantitative estimate of drug-likeness (QED) is 0.729. The van der Waals surface area contributed by atoms with E-state index >= 15 is 0 Å². The first kappa shape index (κ1) is 11.7. The maximum atomic E-state index is 11.8. The molecule has 0 bridgehead atoms. The van der Waals surface area contributed by atoms with Gasteiger partial charge in [-0.3, -0.25) is 4.79 Å². The molecule has 0 N–H and O–H groups in total. The predicted octanol–water partition coefficient (Wildman–Crippen LogP) is 3.20. The van der Waals surface area contributed by atoms with E-state index < -0.39 is 0 Å². The molecule has 0 radical (unpaired) electrons.